The van der Waals surface area contributed by atoms with E-state index < -0.39 is 11.9 Å². The van der Waals surface area contributed by atoms with Crippen LogP contribution in [-0.2, 0) is 33.7 Å². The first-order valence-electron chi connectivity index (χ1n) is 9.33. The standard InChI is InChI=1S/C23H21BrN2O4/c1-29-21(27)13-7-12-19-22(23(28)30-15-16-8-3-2-4-9-16)26-20(25-19)14-17-10-5-6-11-18(17)24/h2-11,13H,12,14-15H2,1H3,(H,25,26)/b13-7+. The Morgan fingerprint density at radius 1 is 1.10 bits per heavy atom. The van der Waals surface area contributed by atoms with Crippen molar-refractivity contribution < 1.29 is 19.1 Å². The summed E-state index contributed by atoms with van der Waals surface area (Å²) in [5.74, 6) is -0.346. The number of hydrogen-bond acceptors (Lipinski definition) is 5. The molecule has 154 valence electrons. The Kier molecular flexibility index (Phi) is 7.57. The second-order valence-corrected chi connectivity index (χ2v) is 7.32. The number of aromatic amines is 1. The monoisotopic (exact) mass is 468 g/mol. The summed E-state index contributed by atoms with van der Waals surface area (Å²) >= 11 is 3.53. The van der Waals surface area contributed by atoms with Crippen LogP contribution in [0.4, 0.5) is 0 Å². The van der Waals surface area contributed by atoms with Crippen LogP contribution in [0.1, 0.15) is 33.1 Å². The molecule has 0 radical (unpaired) electrons. The van der Waals surface area contributed by atoms with Crippen molar-refractivity contribution in [3.63, 3.8) is 0 Å². The summed E-state index contributed by atoms with van der Waals surface area (Å²) in [5, 5.41) is 0. The lowest BCUT2D eigenvalue weighted by molar-refractivity contribution is -0.134. The number of allylic oxidation sites excluding steroid dienone is 1. The number of nitrogens with zero attached hydrogens (tertiary/aromatic N) is 1. The van der Waals surface area contributed by atoms with Crippen molar-refractivity contribution in [1.29, 1.82) is 0 Å². The van der Waals surface area contributed by atoms with E-state index in [4.69, 9.17) is 4.74 Å². The van der Waals surface area contributed by atoms with Gasteiger partial charge in [-0.2, -0.15) is 0 Å². The van der Waals surface area contributed by atoms with Gasteiger partial charge in [-0.05, 0) is 17.2 Å². The van der Waals surface area contributed by atoms with E-state index in [0.717, 1.165) is 15.6 Å². The molecule has 0 aliphatic heterocycles. The van der Waals surface area contributed by atoms with Gasteiger partial charge in [0, 0.05) is 23.4 Å². The third-order valence-electron chi connectivity index (χ3n) is 4.33. The largest absolute Gasteiger partial charge is 0.466 e. The molecule has 0 saturated heterocycles. The molecule has 0 aliphatic rings. The molecule has 3 rings (SSSR count). The molecule has 0 fully saturated rings. The smallest absolute Gasteiger partial charge is 0.359 e. The average molecular weight is 469 g/mol. The average Bonchev–Trinajstić information content (AvgIpc) is 3.17. The molecule has 2 aromatic carbocycles. The third kappa shape index (κ3) is 5.90. The number of nitrogens with one attached hydrogen (secondary N) is 1. The molecule has 0 aliphatic carbocycles. The van der Waals surface area contributed by atoms with Crippen molar-refractivity contribution in [2.45, 2.75) is 19.4 Å². The Morgan fingerprint density at radius 2 is 1.83 bits per heavy atom. The molecule has 0 bridgehead atoms. The second-order valence-electron chi connectivity index (χ2n) is 6.47. The van der Waals surface area contributed by atoms with E-state index in [1.54, 1.807) is 6.08 Å². The number of methoxy groups -OCH3 is 1. The minimum Gasteiger partial charge on any atom is -0.466 e. The zero-order chi connectivity index (χ0) is 21.3. The van der Waals surface area contributed by atoms with Gasteiger partial charge in [-0.3, -0.25) is 0 Å². The van der Waals surface area contributed by atoms with Gasteiger partial charge in [0.05, 0.1) is 12.8 Å². The number of carbonyl (C=O) groups excluding carboxylic acids is 2. The topological polar surface area (TPSA) is 81.3 Å². The highest BCUT2D eigenvalue weighted by Crippen LogP contribution is 2.20. The first kappa shape index (κ1) is 21.5. The molecule has 0 spiro atoms. The molecule has 1 heterocycles. The summed E-state index contributed by atoms with van der Waals surface area (Å²) in [6, 6.07) is 17.3. The predicted octanol–water partition coefficient (Wildman–Crippen LogP) is 4.39. The Balaban J connectivity index is 1.80. The van der Waals surface area contributed by atoms with Gasteiger partial charge in [0.1, 0.15) is 12.4 Å². The van der Waals surface area contributed by atoms with E-state index in [1.807, 2.05) is 54.6 Å². The fourth-order valence-electron chi connectivity index (χ4n) is 2.82. The van der Waals surface area contributed by atoms with Crippen molar-refractivity contribution in [3.05, 3.63) is 99.6 Å². The van der Waals surface area contributed by atoms with E-state index in [2.05, 4.69) is 30.6 Å². The zero-order valence-electron chi connectivity index (χ0n) is 16.4. The van der Waals surface area contributed by atoms with E-state index >= 15 is 0 Å². The minimum absolute atomic E-state index is 0.156. The Labute approximate surface area is 183 Å². The van der Waals surface area contributed by atoms with Crippen molar-refractivity contribution >= 4 is 27.9 Å². The van der Waals surface area contributed by atoms with Gasteiger partial charge in [-0.25, -0.2) is 14.6 Å². The fourth-order valence-corrected chi connectivity index (χ4v) is 3.24. The fraction of sp³-hybridized carbons (Fsp3) is 0.174. The highest BCUT2D eigenvalue weighted by atomic mass is 79.9. The summed E-state index contributed by atoms with van der Waals surface area (Å²) < 4.78 is 11.0. The van der Waals surface area contributed by atoms with Crippen LogP contribution in [-0.4, -0.2) is 29.0 Å². The minimum atomic E-state index is -0.519. The quantitative estimate of drug-likeness (QED) is 0.391. The van der Waals surface area contributed by atoms with Gasteiger partial charge in [0.15, 0.2) is 5.69 Å². The van der Waals surface area contributed by atoms with Gasteiger partial charge < -0.3 is 14.5 Å². The van der Waals surface area contributed by atoms with Gasteiger partial charge in [-0.1, -0.05) is 70.5 Å². The summed E-state index contributed by atoms with van der Waals surface area (Å²) in [5.41, 5.74) is 2.71. The molecular weight excluding hydrogens is 448 g/mol. The van der Waals surface area contributed by atoms with Crippen LogP contribution in [0.2, 0.25) is 0 Å². The number of aromatic nitrogens is 2. The molecule has 7 heteroatoms. The van der Waals surface area contributed by atoms with Crippen molar-refractivity contribution in [2.24, 2.45) is 0 Å². The predicted molar refractivity (Wildman–Crippen MR) is 116 cm³/mol. The summed E-state index contributed by atoms with van der Waals surface area (Å²) in [6.45, 7) is 0.156. The highest BCUT2D eigenvalue weighted by molar-refractivity contribution is 9.10. The van der Waals surface area contributed by atoms with Crippen molar-refractivity contribution in [3.8, 4) is 0 Å². The SMILES string of the molecule is COC(=O)/C=C/Cc1[nH]c(Cc2ccccc2Br)nc1C(=O)OCc1ccccc1. The Bertz CT molecular complexity index is 1040. The lowest BCUT2D eigenvalue weighted by Crippen LogP contribution is -2.08. The molecule has 0 atom stereocenters. The molecule has 3 aromatic rings. The molecule has 1 aromatic heterocycles. The number of esters is 2. The maximum absolute atomic E-state index is 12.7. The maximum atomic E-state index is 12.7. The van der Waals surface area contributed by atoms with Crippen molar-refractivity contribution in [2.75, 3.05) is 7.11 Å². The summed E-state index contributed by atoms with van der Waals surface area (Å²) in [6.07, 6.45) is 3.76. The van der Waals surface area contributed by atoms with Gasteiger partial charge >= 0.3 is 11.9 Å². The normalized spacial score (nSPS) is 10.9. The summed E-state index contributed by atoms with van der Waals surface area (Å²) in [4.78, 5) is 31.7. The number of halogens is 1. The zero-order valence-corrected chi connectivity index (χ0v) is 18.0. The van der Waals surface area contributed by atoms with Crippen LogP contribution in [0, 0.1) is 0 Å². The van der Waals surface area contributed by atoms with Crippen LogP contribution >= 0.6 is 15.9 Å². The first-order valence-corrected chi connectivity index (χ1v) is 10.1. The van der Waals surface area contributed by atoms with Gasteiger partial charge in [0.25, 0.3) is 0 Å². The number of ether oxygens (including phenoxy) is 2. The van der Waals surface area contributed by atoms with Crippen LogP contribution in [0.25, 0.3) is 0 Å². The Hall–Kier alpha value is -3.19. The van der Waals surface area contributed by atoms with E-state index in [0.29, 0.717) is 24.4 Å². The molecule has 0 amide bonds. The Morgan fingerprint density at radius 3 is 2.57 bits per heavy atom. The number of hydrogen-bond donors (Lipinski definition) is 1. The molecule has 0 saturated carbocycles. The highest BCUT2D eigenvalue weighted by Gasteiger charge is 2.19. The third-order valence-corrected chi connectivity index (χ3v) is 5.10. The first-order chi connectivity index (χ1) is 14.6. The van der Waals surface area contributed by atoms with E-state index in [1.165, 1.54) is 13.2 Å². The lowest BCUT2D eigenvalue weighted by Gasteiger charge is -2.04. The van der Waals surface area contributed by atoms with Gasteiger partial charge in [-0.15, -0.1) is 0 Å². The number of benzene rings is 2. The number of carbonyl (C=O) groups is 2. The van der Waals surface area contributed by atoms with Crippen LogP contribution in [0.5, 0.6) is 0 Å². The van der Waals surface area contributed by atoms with Crippen LogP contribution < -0.4 is 0 Å². The van der Waals surface area contributed by atoms with Gasteiger partial charge in [0.2, 0.25) is 0 Å². The second kappa shape index (κ2) is 10.5. The number of rotatable bonds is 8. The van der Waals surface area contributed by atoms with Crippen LogP contribution in [0.15, 0.2) is 71.2 Å². The molecular formula is C23H21BrN2O4. The summed E-state index contributed by atoms with van der Waals surface area (Å²) in [7, 11) is 1.31. The van der Waals surface area contributed by atoms with E-state index in [9.17, 15) is 9.59 Å². The number of imidazole rings is 1. The molecule has 0 unspecified atom stereocenters. The van der Waals surface area contributed by atoms with Crippen LogP contribution in [0.3, 0.4) is 0 Å². The lowest BCUT2D eigenvalue weighted by atomic mass is 10.1. The van der Waals surface area contributed by atoms with E-state index in [-0.39, 0.29) is 12.3 Å². The maximum Gasteiger partial charge on any atom is 0.359 e. The number of H-pyrrole nitrogens is 1. The molecule has 30 heavy (non-hydrogen) atoms. The molecule has 6 nitrogen and oxygen atoms in total. The molecule has 1 N–H and O–H groups in total. The van der Waals surface area contributed by atoms with Crippen molar-refractivity contribution in [1.82, 2.24) is 9.97 Å².